The van der Waals surface area contributed by atoms with E-state index in [9.17, 15) is 14.4 Å². The molecule has 0 aliphatic carbocycles. The Kier molecular flexibility index (Phi) is 3.95. The van der Waals surface area contributed by atoms with Gasteiger partial charge in [0.05, 0.1) is 17.9 Å². The zero-order chi connectivity index (χ0) is 14.7. The monoisotopic (exact) mass is 274 g/mol. The molecule has 6 heteroatoms. The lowest BCUT2D eigenvalue weighted by Gasteiger charge is -2.10. The fourth-order valence-electron chi connectivity index (χ4n) is 1.95. The molecule has 2 rings (SSSR count). The average molecular weight is 274 g/mol. The number of aromatic amines is 1. The van der Waals surface area contributed by atoms with E-state index in [4.69, 9.17) is 4.74 Å². The second-order valence-electron chi connectivity index (χ2n) is 4.27. The molecule has 0 amide bonds. The summed E-state index contributed by atoms with van der Waals surface area (Å²) in [5.41, 5.74) is -0.197. The van der Waals surface area contributed by atoms with E-state index in [1.807, 2.05) is 0 Å². The summed E-state index contributed by atoms with van der Waals surface area (Å²) in [6.45, 7) is 1.53. The quantitative estimate of drug-likeness (QED) is 0.839. The van der Waals surface area contributed by atoms with Crippen molar-refractivity contribution < 1.29 is 9.53 Å². The number of carbonyl (C=O) groups is 1. The Hall–Kier alpha value is -2.47. The van der Waals surface area contributed by atoms with Gasteiger partial charge < -0.3 is 9.72 Å². The summed E-state index contributed by atoms with van der Waals surface area (Å²) in [6.07, 6.45) is 1.14. The van der Waals surface area contributed by atoms with Crippen LogP contribution in [0.1, 0.15) is 22.8 Å². The third kappa shape index (κ3) is 2.46. The van der Waals surface area contributed by atoms with Crippen LogP contribution in [0.25, 0.3) is 5.69 Å². The second kappa shape index (κ2) is 5.66. The number of rotatable bonds is 4. The lowest BCUT2D eigenvalue weighted by atomic mass is 10.1. The van der Waals surface area contributed by atoms with Gasteiger partial charge in [-0.3, -0.25) is 9.59 Å². The lowest BCUT2D eigenvalue weighted by Crippen LogP contribution is -2.37. The Labute approximate surface area is 114 Å². The lowest BCUT2D eigenvalue weighted by molar-refractivity contribution is 0.101. The minimum absolute atomic E-state index is 0.0585. The van der Waals surface area contributed by atoms with Crippen LogP contribution in [0.5, 0.6) is 0 Å². The van der Waals surface area contributed by atoms with E-state index < -0.39 is 17.0 Å². The average Bonchev–Trinajstić information content (AvgIpc) is 2.40. The Morgan fingerprint density at radius 1 is 1.30 bits per heavy atom. The molecule has 1 aromatic carbocycles. The van der Waals surface area contributed by atoms with Crippen molar-refractivity contribution >= 4 is 5.78 Å². The van der Waals surface area contributed by atoms with Gasteiger partial charge >= 0.3 is 5.69 Å². The molecule has 6 nitrogen and oxygen atoms in total. The normalized spacial score (nSPS) is 10.5. The Morgan fingerprint density at radius 3 is 2.65 bits per heavy atom. The van der Waals surface area contributed by atoms with E-state index >= 15 is 0 Å². The van der Waals surface area contributed by atoms with Crippen LogP contribution in [-0.2, 0) is 11.3 Å². The molecule has 2 aromatic rings. The van der Waals surface area contributed by atoms with Crippen LogP contribution >= 0.6 is 0 Å². The topological polar surface area (TPSA) is 81.2 Å². The molecule has 0 fully saturated rings. The van der Waals surface area contributed by atoms with Gasteiger partial charge in [0.25, 0.3) is 5.56 Å². The number of Topliss-reactive ketones (excluding diaryl/α,β-unsaturated/α-hetero) is 1. The predicted octanol–water partition coefficient (Wildman–Crippen LogP) is 0.875. The first kappa shape index (κ1) is 14.0. The van der Waals surface area contributed by atoms with E-state index in [1.165, 1.54) is 14.0 Å². The summed E-state index contributed by atoms with van der Waals surface area (Å²) >= 11 is 0. The summed E-state index contributed by atoms with van der Waals surface area (Å²) in [5.74, 6) is -0.399. The van der Waals surface area contributed by atoms with Crippen molar-refractivity contribution in [3.63, 3.8) is 0 Å². The molecule has 1 N–H and O–H groups in total. The van der Waals surface area contributed by atoms with Crippen LogP contribution in [0.3, 0.4) is 0 Å². The number of carbonyl (C=O) groups excluding carboxylic acids is 1. The smallest absolute Gasteiger partial charge is 0.333 e. The van der Waals surface area contributed by atoms with Crippen molar-refractivity contribution in [3.8, 4) is 5.69 Å². The second-order valence-corrected chi connectivity index (χ2v) is 4.27. The fourth-order valence-corrected chi connectivity index (χ4v) is 1.95. The molecule has 20 heavy (non-hydrogen) atoms. The third-order valence-corrected chi connectivity index (χ3v) is 2.89. The van der Waals surface area contributed by atoms with Gasteiger partial charge in [-0.05, 0) is 13.0 Å². The maximum Gasteiger partial charge on any atom is 0.333 e. The van der Waals surface area contributed by atoms with Crippen molar-refractivity contribution in [1.82, 2.24) is 9.55 Å². The largest absolute Gasteiger partial charge is 0.380 e. The number of hydrogen-bond donors (Lipinski definition) is 1. The zero-order valence-corrected chi connectivity index (χ0v) is 11.2. The summed E-state index contributed by atoms with van der Waals surface area (Å²) < 4.78 is 6.00. The fraction of sp³-hybridized carbons (Fsp3) is 0.214. The first-order chi connectivity index (χ1) is 9.56. The highest BCUT2D eigenvalue weighted by Gasteiger charge is 2.14. The van der Waals surface area contributed by atoms with Crippen LogP contribution in [0, 0.1) is 0 Å². The van der Waals surface area contributed by atoms with Crippen LogP contribution in [0.15, 0.2) is 40.1 Å². The molecule has 0 bridgehead atoms. The number of benzene rings is 1. The molecule has 0 atom stereocenters. The van der Waals surface area contributed by atoms with Gasteiger partial charge in [-0.2, -0.15) is 0 Å². The summed E-state index contributed by atoms with van der Waals surface area (Å²) in [7, 11) is 1.52. The number of nitrogens with one attached hydrogen (secondary N) is 1. The van der Waals surface area contributed by atoms with Crippen LogP contribution in [-0.4, -0.2) is 22.4 Å². The van der Waals surface area contributed by atoms with Crippen LogP contribution in [0.4, 0.5) is 0 Å². The van der Waals surface area contributed by atoms with Crippen molar-refractivity contribution in [2.75, 3.05) is 7.11 Å². The molecule has 1 heterocycles. The number of ether oxygens (including phenoxy) is 1. The van der Waals surface area contributed by atoms with Gasteiger partial charge in [0.2, 0.25) is 0 Å². The standard InChI is InChI=1S/C14H14N2O4/c1-9(17)11-7-15-14(19)16(13(11)18)12-6-4-3-5-10(12)8-20-2/h3-7H,8H2,1-2H3,(H,15,19). The molecule has 1 aromatic heterocycles. The summed E-state index contributed by atoms with van der Waals surface area (Å²) in [5, 5.41) is 0. The van der Waals surface area contributed by atoms with Gasteiger partial charge in [0.1, 0.15) is 0 Å². The molecule has 0 spiro atoms. The number of H-pyrrole nitrogens is 1. The van der Waals surface area contributed by atoms with E-state index in [-0.39, 0.29) is 12.2 Å². The number of para-hydroxylation sites is 1. The van der Waals surface area contributed by atoms with Gasteiger partial charge in [-0.1, -0.05) is 18.2 Å². The molecule has 0 aliphatic heterocycles. The van der Waals surface area contributed by atoms with Crippen LogP contribution in [0.2, 0.25) is 0 Å². The number of nitrogens with zero attached hydrogens (tertiary/aromatic N) is 1. The van der Waals surface area contributed by atoms with Gasteiger partial charge in [0, 0.05) is 18.9 Å². The van der Waals surface area contributed by atoms with Crippen molar-refractivity contribution in [2.24, 2.45) is 0 Å². The van der Waals surface area contributed by atoms with Crippen molar-refractivity contribution in [1.29, 1.82) is 0 Å². The first-order valence-corrected chi connectivity index (χ1v) is 5.99. The van der Waals surface area contributed by atoms with E-state index in [2.05, 4.69) is 4.98 Å². The zero-order valence-electron chi connectivity index (χ0n) is 11.2. The summed E-state index contributed by atoms with van der Waals surface area (Å²) in [4.78, 5) is 38.0. The first-order valence-electron chi connectivity index (χ1n) is 5.99. The molecule has 104 valence electrons. The summed E-state index contributed by atoms with van der Waals surface area (Å²) in [6, 6.07) is 6.88. The maximum atomic E-state index is 12.3. The Bertz CT molecular complexity index is 758. The molecule has 0 radical (unpaired) electrons. The number of ketones is 1. The van der Waals surface area contributed by atoms with Gasteiger partial charge in [-0.15, -0.1) is 0 Å². The number of hydrogen-bond acceptors (Lipinski definition) is 4. The van der Waals surface area contributed by atoms with E-state index in [1.54, 1.807) is 24.3 Å². The molecular weight excluding hydrogens is 260 g/mol. The van der Waals surface area contributed by atoms with Crippen molar-refractivity contribution in [3.05, 3.63) is 62.4 Å². The van der Waals surface area contributed by atoms with Gasteiger partial charge in [-0.25, -0.2) is 9.36 Å². The highest BCUT2D eigenvalue weighted by atomic mass is 16.5. The third-order valence-electron chi connectivity index (χ3n) is 2.89. The predicted molar refractivity (Wildman–Crippen MR) is 73.4 cm³/mol. The number of methoxy groups -OCH3 is 1. The SMILES string of the molecule is COCc1ccccc1-n1c(=O)[nH]cc(C(C)=O)c1=O. The molecule has 0 saturated heterocycles. The van der Waals surface area contributed by atoms with Gasteiger partial charge in [0.15, 0.2) is 5.78 Å². The van der Waals surface area contributed by atoms with Crippen molar-refractivity contribution in [2.45, 2.75) is 13.5 Å². The highest BCUT2D eigenvalue weighted by Crippen LogP contribution is 2.12. The number of aromatic nitrogens is 2. The highest BCUT2D eigenvalue weighted by molar-refractivity contribution is 5.93. The maximum absolute atomic E-state index is 12.3. The molecule has 0 aliphatic rings. The van der Waals surface area contributed by atoms with E-state index in [0.717, 1.165) is 10.8 Å². The minimum atomic E-state index is -0.634. The van der Waals surface area contributed by atoms with Crippen LogP contribution < -0.4 is 11.2 Å². The molecular formula is C14H14N2O4. The Morgan fingerprint density at radius 2 is 2.00 bits per heavy atom. The van der Waals surface area contributed by atoms with E-state index in [0.29, 0.717) is 11.3 Å². The minimum Gasteiger partial charge on any atom is -0.380 e. The Balaban J connectivity index is 2.76. The molecule has 0 unspecified atom stereocenters. The molecule has 0 saturated carbocycles.